The van der Waals surface area contributed by atoms with Crippen molar-refractivity contribution in [2.45, 2.75) is 51.5 Å². The minimum absolute atomic E-state index is 0.314. The maximum Gasteiger partial charge on any atom is 0.0947 e. The van der Waals surface area contributed by atoms with Gasteiger partial charge in [0.25, 0.3) is 0 Å². The van der Waals surface area contributed by atoms with Gasteiger partial charge in [-0.1, -0.05) is 31.4 Å². The first-order valence-corrected chi connectivity index (χ1v) is 7.21. The first-order valence-electron chi connectivity index (χ1n) is 7.21. The molecule has 0 fully saturated rings. The van der Waals surface area contributed by atoms with Gasteiger partial charge in [0.2, 0.25) is 0 Å². The van der Waals surface area contributed by atoms with E-state index >= 15 is 0 Å². The van der Waals surface area contributed by atoms with Crippen LogP contribution in [0, 0.1) is 0 Å². The van der Waals surface area contributed by atoms with Crippen molar-refractivity contribution in [3.05, 3.63) is 29.9 Å². The normalized spacial score (nSPS) is 18.9. The molecule has 1 heterocycles. The average Bonchev–Trinajstić information content (AvgIpc) is 2.73. The lowest BCUT2D eigenvalue weighted by Gasteiger charge is -2.21. The van der Waals surface area contributed by atoms with Crippen molar-refractivity contribution >= 4 is 0 Å². The first-order chi connectivity index (χ1) is 8.81. The highest BCUT2D eigenvalue weighted by atomic mass is 15.0. The van der Waals surface area contributed by atoms with Crippen molar-refractivity contribution in [3.63, 3.8) is 0 Å². The SMILES string of the molecule is CCNC(C1=CCCCCCC1)c1cn(C)cn1. The molecule has 1 aromatic heterocycles. The summed E-state index contributed by atoms with van der Waals surface area (Å²) >= 11 is 0. The molecule has 1 atom stereocenters. The molecule has 100 valence electrons. The number of rotatable bonds is 4. The molecular formula is C15H25N3. The predicted octanol–water partition coefficient (Wildman–Crippen LogP) is 3.35. The number of aromatic nitrogens is 2. The van der Waals surface area contributed by atoms with E-state index in [-0.39, 0.29) is 0 Å². The summed E-state index contributed by atoms with van der Waals surface area (Å²) in [5.41, 5.74) is 2.70. The van der Waals surface area contributed by atoms with Crippen LogP contribution in [0.15, 0.2) is 24.2 Å². The first kappa shape index (κ1) is 13.3. The van der Waals surface area contributed by atoms with E-state index in [1.807, 2.05) is 17.9 Å². The Morgan fingerprint density at radius 2 is 2.17 bits per heavy atom. The highest BCUT2D eigenvalue weighted by molar-refractivity contribution is 5.21. The van der Waals surface area contributed by atoms with Crippen LogP contribution in [0.3, 0.4) is 0 Å². The number of nitrogens with one attached hydrogen (secondary N) is 1. The summed E-state index contributed by atoms with van der Waals surface area (Å²) in [6, 6.07) is 0.314. The van der Waals surface area contributed by atoms with E-state index in [0.29, 0.717) is 6.04 Å². The van der Waals surface area contributed by atoms with Gasteiger partial charge in [-0.25, -0.2) is 4.98 Å². The Hall–Kier alpha value is -1.09. The topological polar surface area (TPSA) is 29.9 Å². The molecule has 0 spiro atoms. The summed E-state index contributed by atoms with van der Waals surface area (Å²) in [6.07, 6.45) is 14.3. The molecule has 3 nitrogen and oxygen atoms in total. The zero-order valence-electron chi connectivity index (χ0n) is 11.7. The average molecular weight is 247 g/mol. The minimum atomic E-state index is 0.314. The molecule has 0 saturated heterocycles. The summed E-state index contributed by atoms with van der Waals surface area (Å²) in [5.74, 6) is 0. The molecule has 0 bridgehead atoms. The molecule has 0 aromatic carbocycles. The van der Waals surface area contributed by atoms with Crippen LogP contribution in [-0.4, -0.2) is 16.1 Å². The zero-order chi connectivity index (χ0) is 12.8. The zero-order valence-corrected chi connectivity index (χ0v) is 11.7. The molecule has 1 aromatic rings. The van der Waals surface area contributed by atoms with Crippen molar-refractivity contribution in [3.8, 4) is 0 Å². The number of hydrogen-bond donors (Lipinski definition) is 1. The lowest BCUT2D eigenvalue weighted by Crippen LogP contribution is -2.23. The quantitative estimate of drug-likeness (QED) is 0.827. The van der Waals surface area contributed by atoms with E-state index in [2.05, 4.69) is 29.5 Å². The van der Waals surface area contributed by atoms with Crippen molar-refractivity contribution < 1.29 is 0 Å². The third-order valence-corrected chi connectivity index (χ3v) is 3.63. The van der Waals surface area contributed by atoms with E-state index in [0.717, 1.165) is 12.2 Å². The fourth-order valence-electron chi connectivity index (χ4n) is 2.69. The third kappa shape index (κ3) is 3.45. The molecule has 0 amide bonds. The molecule has 18 heavy (non-hydrogen) atoms. The predicted molar refractivity (Wildman–Crippen MR) is 75.4 cm³/mol. The summed E-state index contributed by atoms with van der Waals surface area (Å²) < 4.78 is 2.03. The van der Waals surface area contributed by atoms with Gasteiger partial charge in [0.15, 0.2) is 0 Å². The molecule has 0 radical (unpaired) electrons. The van der Waals surface area contributed by atoms with Gasteiger partial charge >= 0.3 is 0 Å². The second-order valence-electron chi connectivity index (χ2n) is 5.19. The number of imidazole rings is 1. The third-order valence-electron chi connectivity index (χ3n) is 3.63. The van der Waals surface area contributed by atoms with Gasteiger partial charge in [-0.3, -0.25) is 0 Å². The molecule has 1 aliphatic rings. The molecule has 2 rings (SSSR count). The van der Waals surface area contributed by atoms with Gasteiger partial charge in [-0.2, -0.15) is 0 Å². The van der Waals surface area contributed by atoms with Gasteiger partial charge < -0.3 is 9.88 Å². The molecule has 1 aliphatic carbocycles. The van der Waals surface area contributed by atoms with Gasteiger partial charge in [-0.15, -0.1) is 0 Å². The maximum absolute atomic E-state index is 4.52. The van der Waals surface area contributed by atoms with E-state index < -0.39 is 0 Å². The van der Waals surface area contributed by atoms with Crippen LogP contribution >= 0.6 is 0 Å². The number of likely N-dealkylation sites (N-methyl/N-ethyl adjacent to an activating group) is 1. The van der Waals surface area contributed by atoms with Gasteiger partial charge in [0.1, 0.15) is 0 Å². The van der Waals surface area contributed by atoms with Crippen LogP contribution in [0.25, 0.3) is 0 Å². The Bertz CT molecular complexity index is 392. The summed E-state index contributed by atoms with van der Waals surface area (Å²) in [7, 11) is 2.03. The summed E-state index contributed by atoms with van der Waals surface area (Å²) in [5, 5.41) is 3.59. The smallest absolute Gasteiger partial charge is 0.0947 e. The van der Waals surface area contributed by atoms with Crippen molar-refractivity contribution in [2.24, 2.45) is 7.05 Å². The van der Waals surface area contributed by atoms with E-state index in [1.54, 1.807) is 0 Å². The Balaban J connectivity index is 2.17. The Morgan fingerprint density at radius 3 is 2.89 bits per heavy atom. The monoisotopic (exact) mass is 247 g/mol. The van der Waals surface area contributed by atoms with Gasteiger partial charge in [0.05, 0.1) is 18.1 Å². The van der Waals surface area contributed by atoms with Crippen molar-refractivity contribution in [2.75, 3.05) is 6.54 Å². The molecule has 1 unspecified atom stereocenters. The van der Waals surface area contributed by atoms with Crippen LogP contribution in [-0.2, 0) is 7.05 Å². The van der Waals surface area contributed by atoms with Crippen LogP contribution in [0.1, 0.15) is 57.2 Å². The Kier molecular flexibility index (Phi) is 5.00. The lowest BCUT2D eigenvalue weighted by atomic mass is 9.93. The Labute approximate surface area is 110 Å². The van der Waals surface area contributed by atoms with E-state index in [9.17, 15) is 0 Å². The molecule has 1 N–H and O–H groups in total. The maximum atomic E-state index is 4.52. The number of hydrogen-bond acceptors (Lipinski definition) is 2. The fraction of sp³-hybridized carbons (Fsp3) is 0.667. The van der Waals surface area contributed by atoms with Crippen molar-refractivity contribution in [1.29, 1.82) is 0 Å². The van der Waals surface area contributed by atoms with E-state index in [4.69, 9.17) is 0 Å². The number of nitrogens with zero attached hydrogens (tertiary/aromatic N) is 2. The highest BCUT2D eigenvalue weighted by Gasteiger charge is 2.18. The van der Waals surface area contributed by atoms with E-state index in [1.165, 1.54) is 44.1 Å². The second-order valence-corrected chi connectivity index (χ2v) is 5.19. The van der Waals surface area contributed by atoms with Crippen LogP contribution < -0.4 is 5.32 Å². The lowest BCUT2D eigenvalue weighted by molar-refractivity contribution is 0.547. The largest absolute Gasteiger partial charge is 0.340 e. The molecular weight excluding hydrogens is 222 g/mol. The second kappa shape index (κ2) is 6.74. The van der Waals surface area contributed by atoms with Gasteiger partial charge in [0, 0.05) is 13.2 Å². The minimum Gasteiger partial charge on any atom is -0.340 e. The molecule has 0 saturated carbocycles. The standard InChI is InChI=1S/C15H25N3/c1-3-16-15(14-11-18(2)12-17-14)13-9-7-5-4-6-8-10-13/h9,11-12,15-16H,3-8,10H2,1-2H3. The van der Waals surface area contributed by atoms with Crippen molar-refractivity contribution in [1.82, 2.24) is 14.9 Å². The van der Waals surface area contributed by atoms with Crippen LogP contribution in [0.2, 0.25) is 0 Å². The van der Waals surface area contributed by atoms with Crippen LogP contribution in [0.5, 0.6) is 0 Å². The summed E-state index contributed by atoms with van der Waals surface area (Å²) in [4.78, 5) is 4.52. The highest BCUT2D eigenvalue weighted by Crippen LogP contribution is 2.27. The Morgan fingerprint density at radius 1 is 1.33 bits per heavy atom. The number of aryl methyl sites for hydroxylation is 1. The van der Waals surface area contributed by atoms with Gasteiger partial charge in [-0.05, 0) is 32.2 Å². The number of allylic oxidation sites excluding steroid dienone is 1. The molecule has 3 heteroatoms. The fourth-order valence-corrected chi connectivity index (χ4v) is 2.69. The molecule has 0 aliphatic heterocycles. The van der Waals surface area contributed by atoms with Crippen LogP contribution in [0.4, 0.5) is 0 Å². The summed E-state index contributed by atoms with van der Waals surface area (Å²) in [6.45, 7) is 3.15.